The van der Waals surface area contributed by atoms with Crippen LogP contribution in [0.25, 0.3) is 0 Å². The maximum Gasteiger partial charge on any atom is 0.256 e. The second-order valence-corrected chi connectivity index (χ2v) is 7.85. The fourth-order valence-electron chi connectivity index (χ4n) is 3.85. The number of likely N-dealkylation sites (tertiary alicyclic amines) is 1. The van der Waals surface area contributed by atoms with Crippen LogP contribution in [0.5, 0.6) is 0 Å². The zero-order chi connectivity index (χ0) is 23.8. The van der Waals surface area contributed by atoms with Crippen molar-refractivity contribution in [1.29, 1.82) is 0 Å². The summed E-state index contributed by atoms with van der Waals surface area (Å²) in [7, 11) is 1.52. The van der Waals surface area contributed by atoms with E-state index in [-0.39, 0.29) is 29.5 Å². The molecule has 0 radical (unpaired) electrons. The fraction of sp³-hybridized carbons (Fsp3) is 0.375. The highest BCUT2D eigenvalue weighted by atomic mass is 19.1. The molecular formula is C24H27F2N3O4. The standard InChI is InChI=1S/C24H27F2N3O4/c1-33-15-12-27-23(31)21(28-22(30)17-6-8-18(25)9-7-17)16-10-13-29(14-11-16)24(32)19-4-2-3-5-20(19)26/h2-9,16,21H,10-15H2,1H3,(H,27,31)(H,28,30)/t21-/m0/s1. The van der Waals surface area contributed by atoms with Crippen molar-refractivity contribution in [3.8, 4) is 0 Å². The number of methoxy groups -OCH3 is 1. The Labute approximate surface area is 191 Å². The molecule has 3 amide bonds. The lowest BCUT2D eigenvalue weighted by atomic mass is 9.88. The van der Waals surface area contributed by atoms with Crippen molar-refractivity contribution < 1.29 is 27.9 Å². The van der Waals surface area contributed by atoms with Crippen LogP contribution in [-0.2, 0) is 9.53 Å². The molecular weight excluding hydrogens is 432 g/mol. The lowest BCUT2D eigenvalue weighted by Gasteiger charge is -2.36. The summed E-state index contributed by atoms with van der Waals surface area (Å²) in [5, 5.41) is 5.50. The Morgan fingerprint density at radius 3 is 2.36 bits per heavy atom. The summed E-state index contributed by atoms with van der Waals surface area (Å²) in [5.41, 5.74) is 0.243. The molecule has 9 heteroatoms. The number of ether oxygens (including phenoxy) is 1. The van der Waals surface area contributed by atoms with Crippen LogP contribution in [0.4, 0.5) is 8.78 Å². The van der Waals surface area contributed by atoms with Gasteiger partial charge in [-0.2, -0.15) is 0 Å². The highest BCUT2D eigenvalue weighted by Crippen LogP contribution is 2.23. The van der Waals surface area contributed by atoms with Crippen LogP contribution < -0.4 is 10.6 Å². The zero-order valence-electron chi connectivity index (χ0n) is 18.4. The first-order chi connectivity index (χ1) is 15.9. The van der Waals surface area contributed by atoms with E-state index in [0.717, 1.165) is 0 Å². The van der Waals surface area contributed by atoms with E-state index in [1.165, 1.54) is 49.6 Å². The molecule has 1 atom stereocenters. The number of nitrogens with one attached hydrogen (secondary N) is 2. The molecule has 1 fully saturated rings. The van der Waals surface area contributed by atoms with E-state index >= 15 is 0 Å². The van der Waals surface area contributed by atoms with Gasteiger partial charge in [0.25, 0.3) is 11.8 Å². The average Bonchev–Trinajstić information content (AvgIpc) is 2.83. The van der Waals surface area contributed by atoms with Crippen LogP contribution >= 0.6 is 0 Å². The largest absolute Gasteiger partial charge is 0.383 e. The molecule has 2 aromatic rings. The summed E-state index contributed by atoms with van der Waals surface area (Å²) in [6.45, 7) is 1.25. The topological polar surface area (TPSA) is 87.7 Å². The highest BCUT2D eigenvalue weighted by molar-refractivity contribution is 5.97. The summed E-state index contributed by atoms with van der Waals surface area (Å²) in [4.78, 5) is 39.8. The molecule has 7 nitrogen and oxygen atoms in total. The molecule has 0 aliphatic carbocycles. The van der Waals surface area contributed by atoms with Crippen molar-refractivity contribution in [2.24, 2.45) is 5.92 Å². The van der Waals surface area contributed by atoms with Crippen molar-refractivity contribution >= 4 is 17.7 Å². The van der Waals surface area contributed by atoms with Crippen molar-refractivity contribution in [1.82, 2.24) is 15.5 Å². The first kappa shape index (κ1) is 24.3. The predicted octanol–water partition coefficient (Wildman–Crippen LogP) is 2.38. The zero-order valence-corrected chi connectivity index (χ0v) is 18.4. The van der Waals surface area contributed by atoms with Crippen molar-refractivity contribution in [2.75, 3.05) is 33.4 Å². The van der Waals surface area contributed by atoms with Gasteiger partial charge in [0.05, 0.1) is 12.2 Å². The molecule has 1 saturated heterocycles. The van der Waals surface area contributed by atoms with Crippen LogP contribution in [0.1, 0.15) is 33.6 Å². The summed E-state index contributed by atoms with van der Waals surface area (Å²) in [5.74, 6) is -2.53. The van der Waals surface area contributed by atoms with Gasteiger partial charge in [-0.25, -0.2) is 8.78 Å². The van der Waals surface area contributed by atoms with Crippen LogP contribution in [0, 0.1) is 17.6 Å². The van der Waals surface area contributed by atoms with E-state index < -0.39 is 29.5 Å². The SMILES string of the molecule is COCCNC(=O)[C@@H](NC(=O)c1ccc(F)cc1)C1CCN(C(=O)c2ccccc2F)CC1. The Morgan fingerprint density at radius 2 is 1.73 bits per heavy atom. The van der Waals surface area contributed by atoms with Gasteiger partial charge in [-0.1, -0.05) is 12.1 Å². The third kappa shape index (κ3) is 6.35. The maximum absolute atomic E-state index is 14.0. The van der Waals surface area contributed by atoms with Gasteiger partial charge in [-0.3, -0.25) is 14.4 Å². The van der Waals surface area contributed by atoms with Crippen molar-refractivity contribution in [3.05, 3.63) is 71.3 Å². The number of hydrogen-bond donors (Lipinski definition) is 2. The molecule has 0 unspecified atom stereocenters. The third-order valence-corrected chi connectivity index (χ3v) is 5.68. The Bertz CT molecular complexity index is 976. The predicted molar refractivity (Wildman–Crippen MR) is 118 cm³/mol. The fourth-order valence-corrected chi connectivity index (χ4v) is 3.85. The number of amides is 3. The van der Waals surface area contributed by atoms with Gasteiger partial charge in [-0.05, 0) is 55.2 Å². The van der Waals surface area contributed by atoms with Crippen LogP contribution in [0.15, 0.2) is 48.5 Å². The van der Waals surface area contributed by atoms with Crippen molar-refractivity contribution in [3.63, 3.8) is 0 Å². The van der Waals surface area contributed by atoms with E-state index in [4.69, 9.17) is 4.74 Å². The van der Waals surface area contributed by atoms with E-state index in [0.29, 0.717) is 32.5 Å². The van der Waals surface area contributed by atoms with E-state index in [9.17, 15) is 23.2 Å². The van der Waals surface area contributed by atoms with Crippen LogP contribution in [0.2, 0.25) is 0 Å². The summed E-state index contributed by atoms with van der Waals surface area (Å²) >= 11 is 0. The molecule has 0 bridgehead atoms. The van der Waals surface area contributed by atoms with Gasteiger partial charge in [0, 0.05) is 32.3 Å². The molecule has 2 N–H and O–H groups in total. The Hall–Kier alpha value is -3.33. The number of benzene rings is 2. The summed E-state index contributed by atoms with van der Waals surface area (Å²) in [6, 6.07) is 10.0. The minimum atomic E-state index is -0.842. The van der Waals surface area contributed by atoms with Gasteiger partial charge in [0.2, 0.25) is 5.91 Å². The smallest absolute Gasteiger partial charge is 0.256 e. The van der Waals surface area contributed by atoms with Crippen molar-refractivity contribution in [2.45, 2.75) is 18.9 Å². The number of rotatable bonds is 8. The minimum absolute atomic E-state index is 0.00872. The first-order valence-electron chi connectivity index (χ1n) is 10.8. The number of carbonyl (C=O) groups excluding carboxylic acids is 3. The second kappa shape index (κ2) is 11.5. The molecule has 1 heterocycles. The van der Waals surface area contributed by atoms with Gasteiger partial charge in [0.15, 0.2) is 0 Å². The normalized spacial score (nSPS) is 15.1. The Balaban J connectivity index is 1.68. The van der Waals surface area contributed by atoms with Gasteiger partial charge in [-0.15, -0.1) is 0 Å². The minimum Gasteiger partial charge on any atom is -0.383 e. The van der Waals surface area contributed by atoms with E-state index in [1.54, 1.807) is 11.0 Å². The molecule has 0 spiro atoms. The third-order valence-electron chi connectivity index (χ3n) is 5.68. The summed E-state index contributed by atoms with van der Waals surface area (Å²) in [6.07, 6.45) is 0.901. The number of halogens is 2. The first-order valence-corrected chi connectivity index (χ1v) is 10.8. The van der Waals surface area contributed by atoms with Crippen LogP contribution in [0.3, 0.4) is 0 Å². The summed E-state index contributed by atoms with van der Waals surface area (Å²) < 4.78 is 32.2. The average molecular weight is 459 g/mol. The van der Waals surface area contributed by atoms with E-state index in [2.05, 4.69) is 10.6 Å². The monoisotopic (exact) mass is 459 g/mol. The number of carbonyl (C=O) groups is 3. The molecule has 3 rings (SSSR count). The highest BCUT2D eigenvalue weighted by Gasteiger charge is 2.34. The lowest BCUT2D eigenvalue weighted by molar-refractivity contribution is -0.124. The molecule has 0 aromatic heterocycles. The second-order valence-electron chi connectivity index (χ2n) is 7.85. The van der Waals surface area contributed by atoms with Gasteiger partial charge >= 0.3 is 0 Å². The molecule has 2 aromatic carbocycles. The number of hydrogen-bond acceptors (Lipinski definition) is 4. The Morgan fingerprint density at radius 1 is 1.06 bits per heavy atom. The molecule has 176 valence electrons. The molecule has 1 aliphatic rings. The lowest BCUT2D eigenvalue weighted by Crippen LogP contribution is -2.54. The maximum atomic E-state index is 14.0. The van der Waals surface area contributed by atoms with Gasteiger partial charge in [0.1, 0.15) is 17.7 Å². The number of nitrogens with zero attached hydrogens (tertiary/aromatic N) is 1. The van der Waals surface area contributed by atoms with Gasteiger partial charge < -0.3 is 20.3 Å². The molecule has 33 heavy (non-hydrogen) atoms. The number of piperidine rings is 1. The van der Waals surface area contributed by atoms with E-state index in [1.807, 2.05) is 0 Å². The molecule has 1 aliphatic heterocycles. The molecule has 0 saturated carbocycles. The quantitative estimate of drug-likeness (QED) is 0.594. The van der Waals surface area contributed by atoms with Crippen LogP contribution in [-0.4, -0.2) is 62.0 Å². The Kier molecular flexibility index (Phi) is 8.48.